The Morgan fingerprint density at radius 3 is 2.39 bits per heavy atom. The number of ether oxygens (including phenoxy) is 1. The van der Waals surface area contributed by atoms with Gasteiger partial charge in [-0.15, -0.1) is 0 Å². The number of nitrogens with zero attached hydrogens (tertiary/aromatic N) is 1. The summed E-state index contributed by atoms with van der Waals surface area (Å²) < 4.78 is 11.3. The standard InChI is InChI=1S/C31H32ClN3O6/c1-15-11-23(41-16(15)2)29(31(3,4)5)34-26-25(27(37)28(26)38)33-21-10-9-20(32)19-13-35(30(39)24(19)21)22-12-18(40-6)8-7-17(22)14-36/h7-12,29,33-34,36H,13-14H2,1-6H3/t29-/m0/s1. The molecule has 2 heterocycles. The number of anilines is 4. The molecule has 3 N–H and O–H groups in total. The summed E-state index contributed by atoms with van der Waals surface area (Å²) in [6.45, 7) is 9.73. The van der Waals surface area contributed by atoms with Crippen LogP contribution < -0.4 is 31.1 Å². The van der Waals surface area contributed by atoms with Gasteiger partial charge in [-0.25, -0.2) is 0 Å². The van der Waals surface area contributed by atoms with Gasteiger partial charge in [-0.2, -0.15) is 0 Å². The van der Waals surface area contributed by atoms with E-state index in [1.807, 2.05) is 40.7 Å². The van der Waals surface area contributed by atoms with E-state index in [9.17, 15) is 19.5 Å². The van der Waals surface area contributed by atoms with Crippen molar-refractivity contribution in [3.8, 4) is 5.75 Å². The van der Waals surface area contributed by atoms with E-state index in [-0.39, 0.29) is 41.4 Å². The van der Waals surface area contributed by atoms with Crippen molar-refractivity contribution in [3.63, 3.8) is 0 Å². The minimum atomic E-state index is -0.687. The quantitative estimate of drug-likeness (QED) is 0.226. The normalized spacial score (nSPS) is 14.0. The van der Waals surface area contributed by atoms with Crippen LogP contribution in [0.2, 0.25) is 5.02 Å². The maximum atomic E-state index is 13.8. The fourth-order valence-corrected chi connectivity index (χ4v) is 5.34. The molecule has 9 nitrogen and oxygen atoms in total. The molecular formula is C31H32ClN3O6. The van der Waals surface area contributed by atoms with Crippen molar-refractivity contribution < 1.29 is 19.1 Å². The summed E-state index contributed by atoms with van der Waals surface area (Å²) in [6, 6.07) is 9.86. The van der Waals surface area contributed by atoms with Crippen molar-refractivity contribution in [1.29, 1.82) is 0 Å². The Morgan fingerprint density at radius 1 is 1.07 bits per heavy atom. The summed E-state index contributed by atoms with van der Waals surface area (Å²) in [6.07, 6.45) is 0. The first kappa shape index (κ1) is 28.4. The Kier molecular flexibility index (Phi) is 7.21. The van der Waals surface area contributed by atoms with E-state index >= 15 is 0 Å². The zero-order valence-corrected chi connectivity index (χ0v) is 24.5. The highest BCUT2D eigenvalue weighted by Crippen LogP contribution is 2.42. The van der Waals surface area contributed by atoms with Gasteiger partial charge >= 0.3 is 0 Å². The van der Waals surface area contributed by atoms with Gasteiger partial charge in [0.1, 0.15) is 28.6 Å². The second-order valence-electron chi connectivity index (χ2n) is 11.4. The lowest BCUT2D eigenvalue weighted by Gasteiger charge is -2.31. The first-order valence-corrected chi connectivity index (χ1v) is 13.6. The second-order valence-corrected chi connectivity index (χ2v) is 11.8. The van der Waals surface area contributed by atoms with Gasteiger partial charge in [-0.1, -0.05) is 38.4 Å². The smallest absolute Gasteiger partial charge is 0.261 e. The molecule has 3 aromatic carbocycles. The topological polar surface area (TPSA) is 121 Å². The number of furan rings is 1. The number of aliphatic hydroxyl groups is 1. The van der Waals surface area contributed by atoms with Gasteiger partial charge in [0.05, 0.1) is 43.2 Å². The Hall–Kier alpha value is -4.08. The van der Waals surface area contributed by atoms with Crippen molar-refractivity contribution >= 4 is 40.3 Å². The molecule has 1 aromatic heterocycles. The molecule has 4 aromatic rings. The number of aliphatic hydroxyl groups excluding tert-OH is 1. The predicted molar refractivity (Wildman–Crippen MR) is 160 cm³/mol. The molecule has 0 fully saturated rings. The molecular weight excluding hydrogens is 546 g/mol. The zero-order valence-electron chi connectivity index (χ0n) is 23.8. The van der Waals surface area contributed by atoms with Crippen molar-refractivity contribution in [2.24, 2.45) is 5.41 Å². The highest BCUT2D eigenvalue weighted by Gasteiger charge is 2.37. The van der Waals surface area contributed by atoms with Gasteiger partial charge in [0.15, 0.2) is 0 Å². The minimum absolute atomic E-state index is 0.0671. The van der Waals surface area contributed by atoms with Crippen LogP contribution in [-0.2, 0) is 13.2 Å². The number of hydrogen-bond acceptors (Lipinski definition) is 8. The molecule has 214 valence electrons. The second kappa shape index (κ2) is 10.4. The Bertz CT molecular complexity index is 1720. The monoisotopic (exact) mass is 577 g/mol. The molecule has 0 saturated carbocycles. The van der Waals surface area contributed by atoms with E-state index in [4.69, 9.17) is 20.8 Å². The summed E-state index contributed by atoms with van der Waals surface area (Å²) >= 11 is 6.52. The predicted octanol–water partition coefficient (Wildman–Crippen LogP) is 5.75. The van der Waals surface area contributed by atoms with Crippen molar-refractivity contribution in [2.75, 3.05) is 22.6 Å². The van der Waals surface area contributed by atoms with Crippen molar-refractivity contribution in [3.05, 3.63) is 95.6 Å². The van der Waals surface area contributed by atoms with Crippen molar-refractivity contribution in [1.82, 2.24) is 0 Å². The van der Waals surface area contributed by atoms with Crippen LogP contribution >= 0.6 is 11.6 Å². The maximum Gasteiger partial charge on any atom is 0.261 e. The SMILES string of the molecule is COc1ccc(CO)c(N2Cc3c(Cl)ccc(Nc4c(N[C@@H](c5cc(C)c(C)o5)C(C)(C)C)c(=O)c4=O)c3C2=O)c1. The Morgan fingerprint density at radius 2 is 1.78 bits per heavy atom. The number of rotatable bonds is 8. The van der Waals surface area contributed by atoms with Crippen LogP contribution in [0.3, 0.4) is 0 Å². The molecule has 0 spiro atoms. The number of carbonyl (C=O) groups excluding carboxylic acids is 1. The number of hydrogen-bond donors (Lipinski definition) is 3. The molecule has 10 heteroatoms. The zero-order chi connectivity index (χ0) is 29.8. The van der Waals surface area contributed by atoms with Gasteiger partial charge in [0.25, 0.3) is 16.8 Å². The molecule has 0 radical (unpaired) electrons. The molecule has 0 aliphatic carbocycles. The van der Waals surface area contributed by atoms with Gasteiger partial charge < -0.3 is 29.8 Å². The molecule has 1 aliphatic heterocycles. The summed E-state index contributed by atoms with van der Waals surface area (Å²) in [7, 11) is 1.52. The Balaban J connectivity index is 1.51. The van der Waals surface area contributed by atoms with Crippen molar-refractivity contribution in [2.45, 2.75) is 53.8 Å². The van der Waals surface area contributed by atoms with E-state index in [1.165, 1.54) is 12.0 Å². The molecule has 0 saturated heterocycles. The fourth-order valence-electron chi connectivity index (χ4n) is 5.13. The molecule has 1 amide bonds. The number of amides is 1. The lowest BCUT2D eigenvalue weighted by atomic mass is 9.84. The summed E-state index contributed by atoms with van der Waals surface area (Å²) in [4.78, 5) is 40.9. The summed E-state index contributed by atoms with van der Waals surface area (Å²) in [5.74, 6) is 1.60. The van der Waals surface area contributed by atoms with Crippen LogP contribution in [0.1, 0.15) is 65.4 Å². The Labute approximate surface area is 242 Å². The first-order chi connectivity index (χ1) is 19.3. The number of benzene rings is 2. The number of nitrogens with one attached hydrogen (secondary N) is 2. The largest absolute Gasteiger partial charge is 0.497 e. The highest BCUT2D eigenvalue weighted by atomic mass is 35.5. The van der Waals surface area contributed by atoms with E-state index in [0.717, 1.165) is 11.3 Å². The average Bonchev–Trinajstić information content (AvgIpc) is 3.46. The van der Waals surface area contributed by atoms with Crippen LogP contribution in [-0.4, -0.2) is 18.1 Å². The third-order valence-electron chi connectivity index (χ3n) is 7.58. The number of aryl methyl sites for hydroxylation is 2. The number of fused-ring (bicyclic) bond motifs is 1. The van der Waals surface area contributed by atoms with Crippen LogP contribution in [0.15, 0.2) is 50.4 Å². The van der Waals surface area contributed by atoms with E-state index in [0.29, 0.717) is 39.0 Å². The van der Waals surface area contributed by atoms with Gasteiger partial charge in [-0.05, 0) is 49.1 Å². The van der Waals surface area contributed by atoms with Crippen LogP contribution in [0.25, 0.3) is 0 Å². The maximum absolute atomic E-state index is 13.8. The molecule has 1 aliphatic rings. The number of halogens is 1. The summed E-state index contributed by atoms with van der Waals surface area (Å²) in [5, 5.41) is 16.6. The lowest BCUT2D eigenvalue weighted by Crippen LogP contribution is -2.39. The molecule has 0 bridgehead atoms. The molecule has 41 heavy (non-hydrogen) atoms. The van der Waals surface area contributed by atoms with Gasteiger partial charge in [0, 0.05) is 22.2 Å². The average molecular weight is 578 g/mol. The molecule has 5 rings (SSSR count). The number of methoxy groups -OCH3 is 1. The molecule has 0 unspecified atom stereocenters. The third kappa shape index (κ3) is 4.89. The first-order valence-electron chi connectivity index (χ1n) is 13.2. The lowest BCUT2D eigenvalue weighted by molar-refractivity contribution is 0.0997. The summed E-state index contributed by atoms with van der Waals surface area (Å²) in [5.41, 5.74) is 1.71. The van der Waals surface area contributed by atoms with Gasteiger partial charge in [0.2, 0.25) is 0 Å². The van der Waals surface area contributed by atoms with Gasteiger partial charge in [-0.3, -0.25) is 14.4 Å². The third-order valence-corrected chi connectivity index (χ3v) is 7.93. The van der Waals surface area contributed by atoms with Crippen LogP contribution in [0.4, 0.5) is 22.7 Å². The molecule has 1 atom stereocenters. The van der Waals surface area contributed by atoms with Crippen LogP contribution in [0, 0.1) is 19.3 Å². The van der Waals surface area contributed by atoms with Crippen LogP contribution in [0.5, 0.6) is 5.75 Å². The fraction of sp³-hybridized carbons (Fsp3) is 0.323. The minimum Gasteiger partial charge on any atom is -0.497 e. The highest BCUT2D eigenvalue weighted by molar-refractivity contribution is 6.33. The van der Waals surface area contributed by atoms with E-state index in [2.05, 4.69) is 10.6 Å². The van der Waals surface area contributed by atoms with E-state index in [1.54, 1.807) is 30.3 Å². The van der Waals surface area contributed by atoms with E-state index < -0.39 is 16.9 Å². The number of carbonyl (C=O) groups is 1.